The molecule has 3 nitrogen and oxygen atoms in total. The van der Waals surface area contributed by atoms with Crippen LogP contribution in [-0.2, 0) is 4.74 Å². The van der Waals surface area contributed by atoms with E-state index in [1.807, 2.05) is 13.8 Å². The summed E-state index contributed by atoms with van der Waals surface area (Å²) in [4.78, 5) is 3.63. The van der Waals surface area contributed by atoms with E-state index in [0.717, 1.165) is 6.20 Å². The van der Waals surface area contributed by atoms with Crippen molar-refractivity contribution in [1.82, 2.24) is 4.98 Å². The van der Waals surface area contributed by atoms with Gasteiger partial charge in [-0.05, 0) is 19.9 Å². The molecule has 1 unspecified atom stereocenters. The topological polar surface area (TPSA) is 42.4 Å². The zero-order valence-electron chi connectivity index (χ0n) is 9.20. The summed E-state index contributed by atoms with van der Waals surface area (Å²) in [6.45, 7) is 3.69. The zero-order valence-corrected chi connectivity index (χ0v) is 9.20. The van der Waals surface area contributed by atoms with Crippen molar-refractivity contribution in [2.45, 2.75) is 32.0 Å². The summed E-state index contributed by atoms with van der Waals surface area (Å²) in [7, 11) is 1.57. The fourth-order valence-corrected chi connectivity index (χ4v) is 1.32. The highest BCUT2D eigenvalue weighted by atomic mass is 19.1. The summed E-state index contributed by atoms with van der Waals surface area (Å²) in [6, 6.07) is 1.48. The number of pyridine rings is 1. The molecule has 1 rings (SSSR count). The first-order valence-electron chi connectivity index (χ1n) is 4.79. The highest BCUT2D eigenvalue weighted by Crippen LogP contribution is 2.26. The van der Waals surface area contributed by atoms with E-state index < -0.39 is 17.5 Å². The van der Waals surface area contributed by atoms with Gasteiger partial charge in [0.2, 0.25) is 0 Å². The van der Waals surface area contributed by atoms with Gasteiger partial charge in [-0.3, -0.25) is 4.98 Å². The van der Waals surface area contributed by atoms with Gasteiger partial charge in [0.25, 0.3) is 0 Å². The minimum atomic E-state index is -0.872. The Hall–Kier alpha value is -1.00. The van der Waals surface area contributed by atoms with Gasteiger partial charge in [-0.15, -0.1) is 0 Å². The first-order valence-corrected chi connectivity index (χ1v) is 4.79. The number of ether oxygens (including phenoxy) is 1. The van der Waals surface area contributed by atoms with Crippen molar-refractivity contribution in [3.8, 4) is 0 Å². The van der Waals surface area contributed by atoms with Crippen LogP contribution in [0.15, 0.2) is 18.5 Å². The Morgan fingerprint density at radius 1 is 1.60 bits per heavy atom. The number of nitrogens with zero attached hydrogens (tertiary/aromatic N) is 1. The first-order chi connectivity index (χ1) is 6.96. The van der Waals surface area contributed by atoms with E-state index >= 15 is 0 Å². The molecule has 0 saturated heterocycles. The van der Waals surface area contributed by atoms with Crippen molar-refractivity contribution < 1.29 is 14.2 Å². The average Bonchev–Trinajstić information content (AvgIpc) is 2.17. The van der Waals surface area contributed by atoms with Crippen LogP contribution >= 0.6 is 0 Å². The lowest BCUT2D eigenvalue weighted by Gasteiger charge is -2.26. The van der Waals surface area contributed by atoms with Crippen LogP contribution in [0.25, 0.3) is 0 Å². The minimum absolute atomic E-state index is 0.259. The van der Waals surface area contributed by atoms with Crippen molar-refractivity contribution in [3.63, 3.8) is 0 Å². The maximum Gasteiger partial charge on any atom is 0.147 e. The Morgan fingerprint density at radius 3 is 2.80 bits per heavy atom. The molecule has 1 aromatic heterocycles. The molecule has 0 spiro atoms. The van der Waals surface area contributed by atoms with Gasteiger partial charge in [0.15, 0.2) is 0 Å². The van der Waals surface area contributed by atoms with Crippen molar-refractivity contribution >= 4 is 0 Å². The smallest absolute Gasteiger partial charge is 0.147 e. The van der Waals surface area contributed by atoms with Crippen molar-refractivity contribution in [1.29, 1.82) is 0 Å². The van der Waals surface area contributed by atoms with Crippen LogP contribution in [0.5, 0.6) is 0 Å². The van der Waals surface area contributed by atoms with Crippen molar-refractivity contribution in [2.24, 2.45) is 0 Å². The van der Waals surface area contributed by atoms with Crippen LogP contribution < -0.4 is 0 Å². The standard InChI is InChI=1S/C11H16FNO2/c1-11(2,15-3)6-10(14)8-4-5-13-7-9(8)12/h4-5,7,10,14H,6H2,1-3H3. The lowest BCUT2D eigenvalue weighted by Crippen LogP contribution is -2.25. The van der Waals surface area contributed by atoms with Gasteiger partial charge in [-0.25, -0.2) is 4.39 Å². The fourth-order valence-electron chi connectivity index (χ4n) is 1.32. The Bertz CT molecular complexity index is 328. The van der Waals surface area contributed by atoms with Crippen LogP contribution in [0.2, 0.25) is 0 Å². The molecule has 1 aromatic rings. The molecule has 0 aliphatic heterocycles. The summed E-state index contributed by atoms with van der Waals surface area (Å²) in [6.07, 6.45) is 2.02. The van der Waals surface area contributed by atoms with E-state index in [4.69, 9.17) is 4.74 Å². The molecule has 0 radical (unpaired) electrons. The molecule has 84 valence electrons. The first kappa shape index (κ1) is 12.1. The molecule has 0 aromatic carbocycles. The molecule has 1 N–H and O–H groups in total. The van der Waals surface area contributed by atoms with Crippen LogP contribution in [-0.4, -0.2) is 22.8 Å². The van der Waals surface area contributed by atoms with Gasteiger partial charge in [0, 0.05) is 25.3 Å². The molecule has 0 aliphatic carbocycles. The molecule has 4 heteroatoms. The number of hydrogen-bond donors (Lipinski definition) is 1. The minimum Gasteiger partial charge on any atom is -0.388 e. The molecule has 15 heavy (non-hydrogen) atoms. The average molecular weight is 213 g/mol. The quantitative estimate of drug-likeness (QED) is 0.832. The van der Waals surface area contributed by atoms with E-state index in [2.05, 4.69) is 4.98 Å². The van der Waals surface area contributed by atoms with Gasteiger partial charge in [-0.2, -0.15) is 0 Å². The molecular formula is C11H16FNO2. The molecule has 0 aliphatic rings. The number of halogens is 1. The van der Waals surface area contributed by atoms with Gasteiger partial charge in [0.05, 0.1) is 17.9 Å². The third-order valence-corrected chi connectivity index (χ3v) is 2.40. The van der Waals surface area contributed by atoms with E-state index in [0.29, 0.717) is 6.42 Å². The second-order valence-corrected chi connectivity index (χ2v) is 4.08. The molecule has 1 atom stereocenters. The van der Waals surface area contributed by atoms with Gasteiger partial charge in [0.1, 0.15) is 5.82 Å². The van der Waals surface area contributed by atoms with Crippen LogP contribution in [0.4, 0.5) is 4.39 Å². The number of hydrogen-bond acceptors (Lipinski definition) is 3. The van der Waals surface area contributed by atoms with Crippen LogP contribution in [0.1, 0.15) is 31.9 Å². The number of rotatable bonds is 4. The third kappa shape index (κ3) is 3.25. The molecule has 0 fully saturated rings. The SMILES string of the molecule is COC(C)(C)CC(O)c1ccncc1F. The second-order valence-electron chi connectivity index (χ2n) is 4.08. The maximum absolute atomic E-state index is 13.3. The number of aliphatic hydroxyl groups excluding tert-OH is 1. The second kappa shape index (κ2) is 4.68. The summed E-state index contributed by atoms with van der Waals surface area (Å²) < 4.78 is 18.4. The van der Waals surface area contributed by atoms with Gasteiger partial charge >= 0.3 is 0 Å². The highest BCUT2D eigenvalue weighted by molar-refractivity contribution is 5.16. The van der Waals surface area contributed by atoms with Crippen LogP contribution in [0, 0.1) is 5.82 Å². The van der Waals surface area contributed by atoms with E-state index in [1.165, 1.54) is 12.3 Å². The van der Waals surface area contributed by atoms with Gasteiger partial charge < -0.3 is 9.84 Å². The fraction of sp³-hybridized carbons (Fsp3) is 0.545. The normalized spacial score (nSPS) is 13.9. The Balaban J connectivity index is 2.78. The largest absolute Gasteiger partial charge is 0.388 e. The van der Waals surface area contributed by atoms with E-state index in [-0.39, 0.29) is 5.56 Å². The Morgan fingerprint density at radius 2 is 2.27 bits per heavy atom. The molecule has 0 amide bonds. The van der Waals surface area contributed by atoms with Crippen molar-refractivity contribution in [3.05, 3.63) is 29.8 Å². The third-order valence-electron chi connectivity index (χ3n) is 2.40. The van der Waals surface area contributed by atoms with E-state index in [9.17, 15) is 9.50 Å². The maximum atomic E-state index is 13.3. The molecule has 0 bridgehead atoms. The Labute approximate surface area is 88.9 Å². The van der Waals surface area contributed by atoms with Crippen LogP contribution in [0.3, 0.4) is 0 Å². The van der Waals surface area contributed by atoms with Crippen molar-refractivity contribution in [2.75, 3.05) is 7.11 Å². The zero-order chi connectivity index (χ0) is 11.5. The number of aliphatic hydroxyl groups is 1. The summed E-state index contributed by atoms with van der Waals surface area (Å²) in [5.74, 6) is -0.489. The summed E-state index contributed by atoms with van der Waals surface area (Å²) >= 11 is 0. The number of methoxy groups -OCH3 is 1. The summed E-state index contributed by atoms with van der Waals surface area (Å²) in [5, 5.41) is 9.82. The molecular weight excluding hydrogens is 197 g/mol. The molecule has 0 saturated carbocycles. The predicted molar refractivity (Wildman–Crippen MR) is 54.9 cm³/mol. The predicted octanol–water partition coefficient (Wildman–Crippen LogP) is 2.07. The monoisotopic (exact) mass is 213 g/mol. The highest BCUT2D eigenvalue weighted by Gasteiger charge is 2.24. The lowest BCUT2D eigenvalue weighted by atomic mass is 9.96. The van der Waals surface area contributed by atoms with Gasteiger partial charge in [-0.1, -0.05) is 0 Å². The molecule has 1 heterocycles. The lowest BCUT2D eigenvalue weighted by molar-refractivity contribution is -0.0208. The summed E-state index contributed by atoms with van der Waals surface area (Å²) in [5.41, 5.74) is -0.218. The number of aromatic nitrogens is 1. The Kier molecular flexibility index (Phi) is 3.77. The van der Waals surface area contributed by atoms with E-state index in [1.54, 1.807) is 7.11 Å².